The fourth-order valence-electron chi connectivity index (χ4n) is 2.26. The molecule has 1 aliphatic rings. The van der Waals surface area contributed by atoms with Crippen molar-refractivity contribution in [2.75, 3.05) is 31.6 Å². The van der Waals surface area contributed by atoms with E-state index >= 15 is 0 Å². The third kappa shape index (κ3) is 3.09. The Balaban J connectivity index is 2.22. The van der Waals surface area contributed by atoms with E-state index in [-0.39, 0.29) is 5.91 Å². The van der Waals surface area contributed by atoms with Crippen molar-refractivity contribution in [1.82, 2.24) is 4.90 Å². The van der Waals surface area contributed by atoms with Crippen molar-refractivity contribution in [2.45, 2.75) is 20.0 Å². The molecule has 2 rings (SSSR count). The average molecular weight is 273 g/mol. The Kier molecular flexibility index (Phi) is 4.59. The molecule has 1 unspecified atom stereocenters. The van der Waals surface area contributed by atoms with Crippen LogP contribution in [0.25, 0.3) is 0 Å². The van der Waals surface area contributed by atoms with Crippen LogP contribution in [0.5, 0.6) is 0 Å². The summed E-state index contributed by atoms with van der Waals surface area (Å²) in [6.45, 7) is 6.01. The Hall–Kier alpha value is -2.06. The Morgan fingerprint density at radius 3 is 3.10 bits per heavy atom. The summed E-state index contributed by atoms with van der Waals surface area (Å²) in [5.74, 6) is -0.0514. The molecule has 0 radical (unpaired) electrons. The molecule has 1 amide bonds. The van der Waals surface area contributed by atoms with Crippen LogP contribution in [0, 0.1) is 18.3 Å². The normalized spacial score (nSPS) is 18.4. The van der Waals surface area contributed by atoms with E-state index in [1.165, 1.54) is 0 Å². The molecular weight excluding hydrogens is 254 g/mol. The van der Waals surface area contributed by atoms with Gasteiger partial charge in [-0.2, -0.15) is 5.26 Å². The van der Waals surface area contributed by atoms with Gasteiger partial charge in [-0.1, -0.05) is 6.07 Å². The van der Waals surface area contributed by atoms with Crippen LogP contribution in [0.4, 0.5) is 5.69 Å². The highest BCUT2D eigenvalue weighted by Crippen LogP contribution is 2.20. The summed E-state index contributed by atoms with van der Waals surface area (Å²) >= 11 is 0. The number of hydrogen-bond acceptors (Lipinski definition) is 4. The van der Waals surface area contributed by atoms with Crippen LogP contribution < -0.4 is 5.32 Å². The van der Waals surface area contributed by atoms with E-state index < -0.39 is 6.10 Å². The third-order valence-corrected chi connectivity index (χ3v) is 3.27. The number of ether oxygens (including phenoxy) is 1. The number of nitrogens with one attached hydrogen (secondary N) is 1. The second-order valence-corrected chi connectivity index (χ2v) is 4.82. The first-order chi connectivity index (χ1) is 9.65. The Morgan fingerprint density at radius 1 is 1.60 bits per heavy atom. The molecule has 0 aromatic heterocycles. The molecule has 1 heterocycles. The Morgan fingerprint density at radius 2 is 2.40 bits per heavy atom. The van der Waals surface area contributed by atoms with Gasteiger partial charge in [0.2, 0.25) is 0 Å². The number of nitriles is 1. The lowest BCUT2D eigenvalue weighted by atomic mass is 10.1. The van der Waals surface area contributed by atoms with Crippen molar-refractivity contribution in [3.63, 3.8) is 0 Å². The summed E-state index contributed by atoms with van der Waals surface area (Å²) in [5, 5.41) is 12.1. The lowest BCUT2D eigenvalue weighted by Crippen LogP contribution is -2.45. The zero-order valence-electron chi connectivity index (χ0n) is 11.8. The molecule has 1 fully saturated rings. The maximum Gasteiger partial charge on any atom is 0.256 e. The minimum atomic E-state index is -0.527. The van der Waals surface area contributed by atoms with E-state index in [2.05, 4.69) is 11.4 Å². The van der Waals surface area contributed by atoms with Crippen LogP contribution in [-0.2, 0) is 4.74 Å². The molecule has 0 bridgehead atoms. The van der Waals surface area contributed by atoms with Crippen molar-refractivity contribution >= 4 is 11.6 Å². The van der Waals surface area contributed by atoms with E-state index in [4.69, 9.17) is 10.00 Å². The number of hydrogen-bond donors (Lipinski definition) is 1. The number of nitrogens with zero attached hydrogens (tertiary/aromatic N) is 2. The molecule has 5 nitrogen and oxygen atoms in total. The summed E-state index contributed by atoms with van der Waals surface area (Å²) in [5.41, 5.74) is 2.60. The van der Waals surface area contributed by atoms with Crippen molar-refractivity contribution < 1.29 is 9.53 Å². The number of carbonyl (C=O) groups is 1. The van der Waals surface area contributed by atoms with Gasteiger partial charge in [-0.25, -0.2) is 0 Å². The van der Waals surface area contributed by atoms with Crippen LogP contribution in [0.3, 0.4) is 0 Å². The van der Waals surface area contributed by atoms with E-state index in [0.717, 1.165) is 17.8 Å². The van der Waals surface area contributed by atoms with E-state index in [1.807, 2.05) is 32.0 Å². The summed E-state index contributed by atoms with van der Waals surface area (Å²) in [6.07, 6.45) is -0.527. The predicted molar refractivity (Wildman–Crippen MR) is 76.6 cm³/mol. The van der Waals surface area contributed by atoms with Gasteiger partial charge in [0.25, 0.3) is 5.91 Å². The smallest absolute Gasteiger partial charge is 0.256 e. The van der Waals surface area contributed by atoms with Gasteiger partial charge < -0.3 is 15.0 Å². The lowest BCUT2D eigenvalue weighted by Gasteiger charge is -2.30. The Bertz CT molecular complexity index is 536. The van der Waals surface area contributed by atoms with E-state index in [1.54, 1.807) is 4.90 Å². The summed E-state index contributed by atoms with van der Waals surface area (Å²) in [6, 6.07) is 7.80. The van der Waals surface area contributed by atoms with E-state index in [0.29, 0.717) is 25.3 Å². The van der Waals surface area contributed by atoms with Gasteiger partial charge >= 0.3 is 0 Å². The van der Waals surface area contributed by atoms with Gasteiger partial charge in [-0.3, -0.25) is 4.79 Å². The molecule has 1 N–H and O–H groups in total. The first-order valence-electron chi connectivity index (χ1n) is 6.80. The number of anilines is 1. The van der Waals surface area contributed by atoms with Crippen LogP contribution in [0.2, 0.25) is 0 Å². The van der Waals surface area contributed by atoms with Crippen molar-refractivity contribution in [3.05, 3.63) is 29.3 Å². The van der Waals surface area contributed by atoms with Crippen molar-refractivity contribution in [3.8, 4) is 6.07 Å². The molecule has 20 heavy (non-hydrogen) atoms. The first kappa shape index (κ1) is 14.4. The fraction of sp³-hybridized carbons (Fsp3) is 0.467. The summed E-state index contributed by atoms with van der Waals surface area (Å²) < 4.78 is 5.27. The molecule has 1 aliphatic heterocycles. The number of morpholine rings is 1. The summed E-state index contributed by atoms with van der Waals surface area (Å²) in [4.78, 5) is 14.3. The Labute approximate surface area is 119 Å². The highest BCUT2D eigenvalue weighted by atomic mass is 16.5. The molecular formula is C15H19N3O2. The van der Waals surface area contributed by atoms with Crippen LogP contribution in [0.15, 0.2) is 18.2 Å². The molecule has 5 heteroatoms. The lowest BCUT2D eigenvalue weighted by molar-refractivity contribution is 0.00351. The molecule has 106 valence electrons. The molecule has 1 saturated heterocycles. The maximum atomic E-state index is 12.6. The second kappa shape index (κ2) is 6.40. The van der Waals surface area contributed by atoms with Crippen LogP contribution in [0.1, 0.15) is 22.8 Å². The molecule has 0 spiro atoms. The standard InChI is InChI=1S/C15H19N3O2/c1-3-17-14-8-11(2)4-5-13(14)15(19)18-6-7-20-12(9-16)10-18/h4-5,8,12,17H,3,6-7,10H2,1-2H3. The topological polar surface area (TPSA) is 65.4 Å². The van der Waals surface area contributed by atoms with Gasteiger partial charge in [-0.15, -0.1) is 0 Å². The predicted octanol–water partition coefficient (Wildman–Crippen LogP) is 1.79. The zero-order valence-corrected chi connectivity index (χ0v) is 11.8. The SMILES string of the molecule is CCNc1cc(C)ccc1C(=O)N1CCOC(C#N)C1. The first-order valence-corrected chi connectivity index (χ1v) is 6.80. The number of benzene rings is 1. The average Bonchev–Trinajstić information content (AvgIpc) is 2.47. The van der Waals surface area contributed by atoms with Crippen molar-refractivity contribution in [1.29, 1.82) is 5.26 Å². The zero-order chi connectivity index (χ0) is 14.5. The largest absolute Gasteiger partial charge is 0.385 e. The number of carbonyl (C=O) groups excluding carboxylic acids is 1. The van der Waals surface area contributed by atoms with Crippen LogP contribution >= 0.6 is 0 Å². The molecule has 1 atom stereocenters. The molecule has 0 aliphatic carbocycles. The van der Waals surface area contributed by atoms with Gasteiger partial charge in [0.1, 0.15) is 0 Å². The number of amides is 1. The van der Waals surface area contributed by atoms with Gasteiger partial charge in [0, 0.05) is 18.8 Å². The third-order valence-electron chi connectivity index (χ3n) is 3.27. The fourth-order valence-corrected chi connectivity index (χ4v) is 2.26. The number of rotatable bonds is 3. The quantitative estimate of drug-likeness (QED) is 0.912. The minimum Gasteiger partial charge on any atom is -0.385 e. The molecule has 0 saturated carbocycles. The van der Waals surface area contributed by atoms with Gasteiger partial charge in [-0.05, 0) is 31.5 Å². The van der Waals surface area contributed by atoms with Crippen LogP contribution in [-0.4, -0.2) is 43.2 Å². The monoisotopic (exact) mass is 273 g/mol. The number of aryl methyl sites for hydroxylation is 1. The molecule has 1 aromatic carbocycles. The highest BCUT2D eigenvalue weighted by Gasteiger charge is 2.26. The minimum absolute atomic E-state index is 0.0514. The van der Waals surface area contributed by atoms with Gasteiger partial charge in [0.15, 0.2) is 6.10 Å². The maximum absolute atomic E-state index is 12.6. The highest BCUT2D eigenvalue weighted by molar-refractivity contribution is 5.99. The van der Waals surface area contributed by atoms with Crippen molar-refractivity contribution in [2.24, 2.45) is 0 Å². The molecule has 1 aromatic rings. The van der Waals surface area contributed by atoms with Gasteiger partial charge in [0.05, 0.1) is 24.8 Å². The second-order valence-electron chi connectivity index (χ2n) is 4.82. The van der Waals surface area contributed by atoms with E-state index in [9.17, 15) is 4.79 Å². The summed E-state index contributed by atoms with van der Waals surface area (Å²) in [7, 11) is 0.